The lowest BCUT2D eigenvalue weighted by atomic mass is 9.87. The van der Waals surface area contributed by atoms with Gasteiger partial charge in [0.05, 0.1) is 16.0 Å². The molecule has 1 aromatic rings. The molecular weight excluding hydrogens is 244 g/mol. The van der Waals surface area contributed by atoms with E-state index in [1.807, 2.05) is 12.1 Å². The Morgan fingerprint density at radius 1 is 1.58 bits per heavy atom. The summed E-state index contributed by atoms with van der Waals surface area (Å²) in [6.07, 6.45) is -1.52. The molecule has 0 spiro atoms. The largest absolute Gasteiger partial charge is 0.465 e. The normalized spacial score (nSPS) is 26.4. The minimum Gasteiger partial charge on any atom is -0.465 e. The Morgan fingerprint density at radius 2 is 2.32 bits per heavy atom. The van der Waals surface area contributed by atoms with Gasteiger partial charge in [-0.1, -0.05) is 24.3 Å². The number of carbonyl (C=O) groups is 2. The smallest absolute Gasteiger partial charge is 0.319 e. The summed E-state index contributed by atoms with van der Waals surface area (Å²) in [5.41, 5.74) is 1.18. The first kappa shape index (κ1) is 11.2. The molecule has 2 unspecified atom stereocenters. The predicted octanol–water partition coefficient (Wildman–Crippen LogP) is 2.07. The van der Waals surface area contributed by atoms with E-state index in [9.17, 15) is 9.59 Å². The van der Waals surface area contributed by atoms with E-state index >= 15 is 0 Å². The Morgan fingerprint density at radius 3 is 3.00 bits per heavy atom. The number of benzene rings is 1. The molecule has 2 rings (SSSR count). The first-order chi connectivity index (χ1) is 9.88. The van der Waals surface area contributed by atoms with E-state index < -0.39 is 23.7 Å². The summed E-state index contributed by atoms with van der Waals surface area (Å²) < 4.78 is 27.2. The molecule has 19 heavy (non-hydrogen) atoms. The van der Waals surface area contributed by atoms with Crippen molar-refractivity contribution >= 4 is 11.8 Å². The number of Topliss-reactive ketones (excluding diaryl/α,β-unsaturated/α-hetero) is 1. The van der Waals surface area contributed by atoms with Crippen LogP contribution in [0.2, 0.25) is 0 Å². The van der Waals surface area contributed by atoms with Gasteiger partial charge < -0.3 is 9.47 Å². The van der Waals surface area contributed by atoms with Gasteiger partial charge in [0.25, 0.3) is 0 Å². The topological polar surface area (TPSA) is 52.6 Å². The molecule has 0 bridgehead atoms. The lowest BCUT2D eigenvalue weighted by Crippen LogP contribution is -2.34. The van der Waals surface area contributed by atoms with Crippen LogP contribution in [-0.2, 0) is 25.5 Å². The van der Waals surface area contributed by atoms with Crippen molar-refractivity contribution in [3.63, 3.8) is 0 Å². The van der Waals surface area contributed by atoms with Gasteiger partial charge in [0.1, 0.15) is 17.8 Å². The van der Waals surface area contributed by atoms with Crippen LogP contribution in [0, 0.1) is 5.89 Å². The van der Waals surface area contributed by atoms with Gasteiger partial charge in [-0.25, -0.2) is 0 Å². The zero-order valence-electron chi connectivity index (χ0n) is 13.1. The van der Waals surface area contributed by atoms with E-state index in [0.717, 1.165) is 12.5 Å². The van der Waals surface area contributed by atoms with Crippen LogP contribution < -0.4 is 0 Å². The summed E-state index contributed by atoms with van der Waals surface area (Å²) in [5, 5.41) is 0. The number of ketones is 1. The fraction of sp³-hybridized carbons (Fsp3) is 0.467. The number of fused-ring (bicyclic) bond motifs is 1. The molecule has 0 amide bonds. The van der Waals surface area contributed by atoms with Crippen LogP contribution in [-0.4, -0.2) is 25.0 Å². The minimum atomic E-state index is -2.44. The van der Waals surface area contributed by atoms with Crippen LogP contribution in [0.5, 0.6) is 0 Å². The molecule has 1 aliphatic heterocycles. The van der Waals surface area contributed by atoms with E-state index in [1.54, 1.807) is 19.1 Å². The minimum absolute atomic E-state index is 0.0322. The van der Waals surface area contributed by atoms with Gasteiger partial charge in [-0.15, -0.1) is 0 Å². The van der Waals surface area contributed by atoms with Crippen LogP contribution in [0.15, 0.2) is 24.3 Å². The second-order valence-corrected chi connectivity index (χ2v) is 4.24. The van der Waals surface area contributed by atoms with Crippen LogP contribution in [0.25, 0.3) is 0 Å². The van der Waals surface area contributed by atoms with Crippen molar-refractivity contribution in [2.24, 2.45) is 5.89 Å². The van der Waals surface area contributed by atoms with Crippen molar-refractivity contribution in [3.8, 4) is 0 Å². The summed E-state index contributed by atoms with van der Waals surface area (Å²) in [7, 11) is 0. The second-order valence-electron chi connectivity index (χ2n) is 4.24. The van der Waals surface area contributed by atoms with Crippen molar-refractivity contribution in [2.75, 3.05) is 13.2 Å². The Balaban J connectivity index is 2.60. The van der Waals surface area contributed by atoms with Gasteiger partial charge in [0.15, 0.2) is 0 Å². The van der Waals surface area contributed by atoms with Crippen molar-refractivity contribution in [2.45, 2.75) is 26.3 Å². The van der Waals surface area contributed by atoms with E-state index in [0.29, 0.717) is 12.0 Å². The summed E-state index contributed by atoms with van der Waals surface area (Å²) >= 11 is 0. The van der Waals surface area contributed by atoms with Crippen molar-refractivity contribution < 1.29 is 21.8 Å². The molecule has 4 heteroatoms. The third kappa shape index (κ3) is 2.84. The second kappa shape index (κ2) is 5.97. The van der Waals surface area contributed by atoms with Crippen LogP contribution in [0.1, 0.15) is 33.8 Å². The number of carbonyl (C=O) groups excluding carboxylic acids is 2. The van der Waals surface area contributed by atoms with E-state index in [1.165, 1.54) is 0 Å². The number of esters is 1. The molecule has 4 nitrogen and oxygen atoms in total. The number of hydrogen-bond acceptors (Lipinski definition) is 4. The Labute approximate surface area is 115 Å². The molecule has 1 aromatic carbocycles. The van der Waals surface area contributed by atoms with Gasteiger partial charge >= 0.3 is 5.97 Å². The highest BCUT2D eigenvalue weighted by atomic mass is 16.5. The maximum absolute atomic E-state index is 12.2. The SMILES string of the molecule is [2H]C(C(C)=O)(C(=O)OCC)C1([2H])OCCc2ccccc21. The lowest BCUT2D eigenvalue weighted by Gasteiger charge is -2.30. The zero-order chi connectivity index (χ0) is 15.7. The third-order valence-electron chi connectivity index (χ3n) is 2.94. The molecule has 0 N–H and O–H groups in total. The maximum atomic E-state index is 12.2. The monoisotopic (exact) mass is 264 g/mol. The van der Waals surface area contributed by atoms with E-state index in [2.05, 4.69) is 0 Å². The molecule has 2 atom stereocenters. The summed E-state index contributed by atoms with van der Waals surface area (Å²) in [6.45, 7) is 2.91. The van der Waals surface area contributed by atoms with Crippen molar-refractivity contribution in [3.05, 3.63) is 35.4 Å². The maximum Gasteiger partial charge on any atom is 0.319 e. The molecule has 0 saturated carbocycles. The highest BCUT2D eigenvalue weighted by Crippen LogP contribution is 2.34. The molecule has 0 aliphatic carbocycles. The quantitative estimate of drug-likeness (QED) is 0.617. The number of hydrogen-bond donors (Lipinski definition) is 0. The van der Waals surface area contributed by atoms with Crippen LogP contribution in [0.3, 0.4) is 0 Å². The Bertz CT molecular complexity index is 575. The Kier molecular flexibility index (Phi) is 3.51. The third-order valence-corrected chi connectivity index (χ3v) is 2.94. The summed E-state index contributed by atoms with van der Waals surface area (Å²) in [4.78, 5) is 24.2. The molecule has 0 radical (unpaired) electrons. The van der Waals surface area contributed by atoms with Crippen molar-refractivity contribution in [1.29, 1.82) is 0 Å². The summed E-state index contributed by atoms with van der Waals surface area (Å²) in [5.74, 6) is -4.27. The first-order valence-electron chi connectivity index (χ1n) is 7.28. The van der Waals surface area contributed by atoms with Crippen LogP contribution in [0.4, 0.5) is 0 Å². The first-order valence-corrected chi connectivity index (χ1v) is 6.28. The van der Waals surface area contributed by atoms with Crippen molar-refractivity contribution in [1.82, 2.24) is 0 Å². The van der Waals surface area contributed by atoms with Gasteiger partial charge in [-0.2, -0.15) is 0 Å². The van der Waals surface area contributed by atoms with E-state index in [4.69, 9.17) is 12.2 Å². The number of ether oxygens (including phenoxy) is 2. The Hall–Kier alpha value is -1.68. The van der Waals surface area contributed by atoms with Gasteiger partial charge in [0.2, 0.25) is 0 Å². The average molecular weight is 264 g/mol. The fourth-order valence-corrected chi connectivity index (χ4v) is 2.11. The molecule has 0 fully saturated rings. The molecule has 0 saturated heterocycles. The predicted molar refractivity (Wildman–Crippen MR) is 69.6 cm³/mol. The van der Waals surface area contributed by atoms with Crippen LogP contribution >= 0.6 is 0 Å². The fourth-order valence-electron chi connectivity index (χ4n) is 2.11. The highest BCUT2D eigenvalue weighted by Gasteiger charge is 2.38. The van der Waals surface area contributed by atoms with E-state index in [-0.39, 0.29) is 13.2 Å². The lowest BCUT2D eigenvalue weighted by molar-refractivity contribution is -0.158. The highest BCUT2D eigenvalue weighted by molar-refractivity contribution is 5.98. The molecule has 0 aromatic heterocycles. The molecule has 1 aliphatic rings. The zero-order valence-corrected chi connectivity index (χ0v) is 11.1. The average Bonchev–Trinajstić information content (AvgIpc) is 2.46. The van der Waals surface area contributed by atoms with Gasteiger partial charge in [0, 0.05) is 0 Å². The summed E-state index contributed by atoms with van der Waals surface area (Å²) in [6, 6.07) is 6.94. The molecule has 1 heterocycles. The molecular formula is C15H18O4. The van der Waals surface area contributed by atoms with Gasteiger partial charge in [-0.05, 0) is 31.4 Å². The standard InChI is InChI=1S/C15H18O4/c1-3-18-15(17)13(10(2)16)14-12-7-5-4-6-11(12)8-9-19-14/h4-7,13-14H,3,8-9H2,1-2H3/i13D,14D. The van der Waals surface area contributed by atoms with Gasteiger partial charge in [-0.3, -0.25) is 9.59 Å². The molecule has 102 valence electrons. The number of rotatable bonds is 4.